The lowest BCUT2D eigenvalue weighted by atomic mass is 9.98. The fourth-order valence-corrected chi connectivity index (χ4v) is 2.63. The van der Waals surface area contributed by atoms with E-state index < -0.39 is 5.97 Å². The molecule has 0 aromatic heterocycles. The van der Waals surface area contributed by atoms with Gasteiger partial charge in [-0.25, -0.2) is 4.79 Å². The molecule has 1 amide bonds. The van der Waals surface area contributed by atoms with Crippen molar-refractivity contribution in [3.63, 3.8) is 0 Å². The Morgan fingerprint density at radius 3 is 2.71 bits per heavy atom. The number of piperidine rings is 1. The molecule has 114 valence electrons. The molecule has 2 rings (SSSR count). The second kappa shape index (κ2) is 7.67. The van der Waals surface area contributed by atoms with Gasteiger partial charge >= 0.3 is 12.1 Å². The standard InChI is InChI=1S/C16H21NO4/c18-15(19)10-9-14-8-4-5-11-17(14)16(20)21-12-13-6-2-1-3-7-13/h1-3,6-7,14H,4-5,8-12H2,(H,18,19)/t14-/m1/s1. The molecular weight excluding hydrogens is 270 g/mol. The minimum absolute atomic E-state index is 0.0156. The van der Waals surface area contributed by atoms with E-state index in [1.54, 1.807) is 4.90 Å². The molecule has 1 aliphatic rings. The van der Waals surface area contributed by atoms with Crippen LogP contribution in [-0.2, 0) is 16.1 Å². The Labute approximate surface area is 124 Å². The second-order valence-electron chi connectivity index (χ2n) is 5.32. The summed E-state index contributed by atoms with van der Waals surface area (Å²) < 4.78 is 5.34. The number of ether oxygens (including phenoxy) is 1. The molecular formula is C16H21NO4. The minimum Gasteiger partial charge on any atom is -0.481 e. The van der Waals surface area contributed by atoms with E-state index in [2.05, 4.69) is 0 Å². The molecule has 5 nitrogen and oxygen atoms in total. The predicted octanol–water partition coefficient (Wildman–Crippen LogP) is 3.04. The molecule has 5 heteroatoms. The Kier molecular flexibility index (Phi) is 5.60. The van der Waals surface area contributed by atoms with E-state index in [1.807, 2.05) is 30.3 Å². The molecule has 0 bridgehead atoms. The van der Waals surface area contributed by atoms with Crippen LogP contribution >= 0.6 is 0 Å². The number of hydrogen-bond acceptors (Lipinski definition) is 3. The lowest BCUT2D eigenvalue weighted by Crippen LogP contribution is -2.44. The number of aliphatic carboxylic acids is 1. The first-order chi connectivity index (χ1) is 10.2. The normalized spacial score (nSPS) is 18.3. The van der Waals surface area contributed by atoms with Crippen molar-refractivity contribution in [3.8, 4) is 0 Å². The third-order valence-electron chi connectivity index (χ3n) is 3.76. The number of carbonyl (C=O) groups excluding carboxylic acids is 1. The molecule has 1 N–H and O–H groups in total. The number of carbonyl (C=O) groups is 2. The summed E-state index contributed by atoms with van der Waals surface area (Å²) in [5.74, 6) is -0.821. The highest BCUT2D eigenvalue weighted by molar-refractivity contribution is 5.69. The maximum absolute atomic E-state index is 12.2. The van der Waals surface area contributed by atoms with Gasteiger partial charge in [0.15, 0.2) is 0 Å². The average Bonchev–Trinajstić information content (AvgIpc) is 2.52. The van der Waals surface area contributed by atoms with E-state index in [0.717, 1.165) is 24.8 Å². The molecule has 1 fully saturated rings. The molecule has 0 spiro atoms. The molecule has 0 aliphatic carbocycles. The highest BCUT2D eigenvalue weighted by atomic mass is 16.6. The summed E-state index contributed by atoms with van der Waals surface area (Å²) in [6.07, 6.45) is 3.09. The van der Waals surface area contributed by atoms with E-state index in [4.69, 9.17) is 9.84 Å². The largest absolute Gasteiger partial charge is 0.481 e. The van der Waals surface area contributed by atoms with Crippen LogP contribution in [0, 0.1) is 0 Å². The van der Waals surface area contributed by atoms with Crippen molar-refractivity contribution in [1.82, 2.24) is 4.90 Å². The number of benzene rings is 1. The van der Waals surface area contributed by atoms with Crippen LogP contribution in [0.5, 0.6) is 0 Å². The molecule has 1 heterocycles. The fraction of sp³-hybridized carbons (Fsp3) is 0.500. The number of carboxylic acid groups (broad SMARTS) is 1. The van der Waals surface area contributed by atoms with Crippen LogP contribution in [-0.4, -0.2) is 34.7 Å². The van der Waals surface area contributed by atoms with Gasteiger partial charge in [-0.05, 0) is 31.2 Å². The fourth-order valence-electron chi connectivity index (χ4n) is 2.63. The van der Waals surface area contributed by atoms with Crippen molar-refractivity contribution in [2.45, 2.75) is 44.8 Å². The van der Waals surface area contributed by atoms with E-state index in [0.29, 0.717) is 13.0 Å². The van der Waals surface area contributed by atoms with Crippen LogP contribution in [0.25, 0.3) is 0 Å². The third kappa shape index (κ3) is 4.77. The first-order valence-electron chi connectivity index (χ1n) is 7.36. The number of hydrogen-bond donors (Lipinski definition) is 1. The van der Waals surface area contributed by atoms with E-state index in [9.17, 15) is 9.59 Å². The molecule has 1 saturated heterocycles. The number of rotatable bonds is 5. The van der Waals surface area contributed by atoms with Gasteiger partial charge in [-0.15, -0.1) is 0 Å². The quantitative estimate of drug-likeness (QED) is 0.905. The number of nitrogens with zero attached hydrogens (tertiary/aromatic N) is 1. The Balaban J connectivity index is 1.87. The van der Waals surface area contributed by atoms with Crippen molar-refractivity contribution >= 4 is 12.1 Å². The number of carboxylic acids is 1. The van der Waals surface area contributed by atoms with Gasteiger partial charge in [0.1, 0.15) is 6.61 Å². The van der Waals surface area contributed by atoms with E-state index in [1.165, 1.54) is 0 Å². The Morgan fingerprint density at radius 1 is 1.24 bits per heavy atom. The topological polar surface area (TPSA) is 66.8 Å². The summed E-state index contributed by atoms with van der Waals surface area (Å²) in [5.41, 5.74) is 0.949. The van der Waals surface area contributed by atoms with Crippen LogP contribution in [0.15, 0.2) is 30.3 Å². The Bertz CT molecular complexity index is 474. The second-order valence-corrected chi connectivity index (χ2v) is 5.32. The van der Waals surface area contributed by atoms with Gasteiger partial charge in [0.25, 0.3) is 0 Å². The maximum Gasteiger partial charge on any atom is 0.410 e. The molecule has 1 atom stereocenters. The summed E-state index contributed by atoms with van der Waals surface area (Å²) >= 11 is 0. The lowest BCUT2D eigenvalue weighted by Gasteiger charge is -2.34. The Morgan fingerprint density at radius 2 is 2.00 bits per heavy atom. The van der Waals surface area contributed by atoms with Crippen molar-refractivity contribution in [1.29, 1.82) is 0 Å². The SMILES string of the molecule is O=C(O)CC[C@H]1CCCCN1C(=O)OCc1ccccc1. The summed E-state index contributed by atoms with van der Waals surface area (Å²) in [4.78, 5) is 24.6. The van der Waals surface area contributed by atoms with Gasteiger partial charge in [-0.2, -0.15) is 0 Å². The van der Waals surface area contributed by atoms with Gasteiger partial charge in [0, 0.05) is 19.0 Å². The highest BCUT2D eigenvalue weighted by Crippen LogP contribution is 2.22. The van der Waals surface area contributed by atoms with Crippen LogP contribution in [0.1, 0.15) is 37.7 Å². The van der Waals surface area contributed by atoms with Gasteiger partial charge < -0.3 is 14.7 Å². The average molecular weight is 291 g/mol. The van der Waals surface area contributed by atoms with Crippen molar-refractivity contribution in [2.75, 3.05) is 6.54 Å². The smallest absolute Gasteiger partial charge is 0.410 e. The van der Waals surface area contributed by atoms with Crippen LogP contribution in [0.4, 0.5) is 4.79 Å². The van der Waals surface area contributed by atoms with Gasteiger partial charge in [0.05, 0.1) is 0 Å². The van der Waals surface area contributed by atoms with Crippen molar-refractivity contribution in [2.24, 2.45) is 0 Å². The predicted molar refractivity (Wildman–Crippen MR) is 77.8 cm³/mol. The monoisotopic (exact) mass is 291 g/mol. The van der Waals surface area contributed by atoms with Gasteiger partial charge in [-0.1, -0.05) is 30.3 Å². The zero-order chi connectivity index (χ0) is 15.1. The highest BCUT2D eigenvalue weighted by Gasteiger charge is 2.28. The van der Waals surface area contributed by atoms with Crippen LogP contribution < -0.4 is 0 Å². The summed E-state index contributed by atoms with van der Waals surface area (Å²) in [6, 6.07) is 9.52. The van der Waals surface area contributed by atoms with Crippen LogP contribution in [0.3, 0.4) is 0 Å². The van der Waals surface area contributed by atoms with Crippen LogP contribution in [0.2, 0.25) is 0 Å². The number of likely N-dealkylation sites (tertiary alicyclic amines) is 1. The molecule has 0 radical (unpaired) electrons. The lowest BCUT2D eigenvalue weighted by molar-refractivity contribution is -0.137. The zero-order valence-corrected chi connectivity index (χ0v) is 12.0. The molecule has 21 heavy (non-hydrogen) atoms. The third-order valence-corrected chi connectivity index (χ3v) is 3.76. The van der Waals surface area contributed by atoms with Gasteiger partial charge in [-0.3, -0.25) is 4.79 Å². The van der Waals surface area contributed by atoms with Crippen molar-refractivity contribution in [3.05, 3.63) is 35.9 Å². The van der Waals surface area contributed by atoms with E-state index >= 15 is 0 Å². The maximum atomic E-state index is 12.2. The Hall–Kier alpha value is -2.04. The van der Waals surface area contributed by atoms with Crippen molar-refractivity contribution < 1.29 is 19.4 Å². The first-order valence-corrected chi connectivity index (χ1v) is 7.36. The molecule has 0 saturated carbocycles. The number of amides is 1. The molecule has 1 aliphatic heterocycles. The van der Waals surface area contributed by atoms with E-state index in [-0.39, 0.29) is 25.2 Å². The summed E-state index contributed by atoms with van der Waals surface area (Å²) in [7, 11) is 0. The summed E-state index contributed by atoms with van der Waals surface area (Å²) in [6.45, 7) is 0.903. The summed E-state index contributed by atoms with van der Waals surface area (Å²) in [5, 5.41) is 8.79. The molecule has 1 aromatic rings. The molecule has 1 aromatic carbocycles. The molecule has 0 unspecified atom stereocenters. The first kappa shape index (κ1) is 15.4. The zero-order valence-electron chi connectivity index (χ0n) is 12.0. The minimum atomic E-state index is -0.821. The van der Waals surface area contributed by atoms with Gasteiger partial charge in [0.2, 0.25) is 0 Å².